The molecule has 1 N–H and O–H groups in total. The Morgan fingerprint density at radius 3 is 2.41 bits per heavy atom. The molecule has 0 radical (unpaired) electrons. The van der Waals surface area contributed by atoms with Crippen LogP contribution in [0.5, 0.6) is 0 Å². The van der Waals surface area contributed by atoms with Gasteiger partial charge in [-0.05, 0) is 49.2 Å². The highest BCUT2D eigenvalue weighted by molar-refractivity contribution is 5.81. The van der Waals surface area contributed by atoms with E-state index in [4.69, 9.17) is 0 Å². The van der Waals surface area contributed by atoms with Crippen LogP contribution in [0.3, 0.4) is 0 Å². The van der Waals surface area contributed by atoms with Gasteiger partial charge in [0.1, 0.15) is 5.82 Å². The smallest absolute Gasteiger partial charge is 0.125 e. The number of nitrogens with one attached hydrogen (secondary N) is 1. The zero-order valence-electron chi connectivity index (χ0n) is 15.5. The predicted molar refractivity (Wildman–Crippen MR) is 105 cm³/mol. The van der Waals surface area contributed by atoms with Gasteiger partial charge < -0.3 is 4.90 Å². The maximum absolute atomic E-state index is 13.4. The van der Waals surface area contributed by atoms with Gasteiger partial charge in [-0.15, -0.1) is 0 Å². The monoisotopic (exact) mass is 364 g/mol. The minimum atomic E-state index is -0.223. The second-order valence-corrected chi connectivity index (χ2v) is 7.89. The fourth-order valence-electron chi connectivity index (χ4n) is 4.61. The molecule has 1 saturated heterocycles. The number of piperidine rings is 1. The summed E-state index contributed by atoms with van der Waals surface area (Å²) in [6.45, 7) is 6.67. The Balaban J connectivity index is 1.15. The zero-order valence-corrected chi connectivity index (χ0v) is 15.5. The van der Waals surface area contributed by atoms with Crippen LogP contribution in [0.15, 0.2) is 42.5 Å². The molecule has 5 rings (SSSR count). The minimum absolute atomic E-state index is 0.223. The number of benzene rings is 2. The summed E-state index contributed by atoms with van der Waals surface area (Å²) in [6, 6.07) is 13.7. The number of rotatable bonds is 4. The molecule has 140 valence electrons. The van der Waals surface area contributed by atoms with Crippen LogP contribution in [0.2, 0.25) is 0 Å². The van der Waals surface area contributed by atoms with Gasteiger partial charge >= 0.3 is 0 Å². The van der Waals surface area contributed by atoms with Gasteiger partial charge in [-0.3, -0.25) is 10.00 Å². The van der Waals surface area contributed by atoms with Crippen LogP contribution in [0.1, 0.15) is 35.6 Å². The highest BCUT2D eigenvalue weighted by atomic mass is 19.1. The van der Waals surface area contributed by atoms with E-state index in [1.54, 1.807) is 0 Å². The van der Waals surface area contributed by atoms with Gasteiger partial charge in [0.05, 0.1) is 5.52 Å². The summed E-state index contributed by atoms with van der Waals surface area (Å²) in [5.41, 5.74) is 4.89. The SMILES string of the molecule is Fc1ccc2c(C3CCN(CCN4Cc5ccccc5C4)CC3)[nH]nc2c1. The van der Waals surface area contributed by atoms with Crippen molar-refractivity contribution in [1.82, 2.24) is 20.0 Å². The minimum Gasteiger partial charge on any atom is -0.302 e. The van der Waals surface area contributed by atoms with Crippen molar-refractivity contribution in [2.24, 2.45) is 0 Å². The number of nitrogens with zero attached hydrogens (tertiary/aromatic N) is 3. The molecule has 2 aromatic carbocycles. The van der Waals surface area contributed by atoms with Gasteiger partial charge in [-0.1, -0.05) is 24.3 Å². The summed E-state index contributed by atoms with van der Waals surface area (Å²) >= 11 is 0. The van der Waals surface area contributed by atoms with Crippen molar-refractivity contribution in [3.63, 3.8) is 0 Å². The second kappa shape index (κ2) is 7.06. The van der Waals surface area contributed by atoms with Crippen molar-refractivity contribution in [2.75, 3.05) is 26.2 Å². The van der Waals surface area contributed by atoms with Gasteiger partial charge in [-0.2, -0.15) is 5.10 Å². The average molecular weight is 364 g/mol. The van der Waals surface area contributed by atoms with Gasteiger partial charge in [0.2, 0.25) is 0 Å². The van der Waals surface area contributed by atoms with Crippen LogP contribution in [-0.4, -0.2) is 46.2 Å². The van der Waals surface area contributed by atoms with Crippen LogP contribution in [0, 0.1) is 5.82 Å². The molecule has 2 aliphatic heterocycles. The third-order valence-electron chi connectivity index (χ3n) is 6.18. The Bertz CT molecular complexity index is 917. The number of halogens is 1. The molecule has 2 aliphatic rings. The first-order valence-electron chi connectivity index (χ1n) is 9.91. The summed E-state index contributed by atoms with van der Waals surface area (Å²) in [6.07, 6.45) is 2.27. The van der Waals surface area contributed by atoms with E-state index in [0.29, 0.717) is 5.92 Å². The molecule has 1 aromatic heterocycles. The first-order chi connectivity index (χ1) is 13.3. The first kappa shape index (κ1) is 16.9. The lowest BCUT2D eigenvalue weighted by Gasteiger charge is -2.32. The Morgan fingerprint density at radius 1 is 0.963 bits per heavy atom. The van der Waals surface area contributed by atoms with E-state index in [-0.39, 0.29) is 5.82 Å². The zero-order chi connectivity index (χ0) is 18.2. The fourth-order valence-corrected chi connectivity index (χ4v) is 4.61. The molecule has 27 heavy (non-hydrogen) atoms. The van der Waals surface area contributed by atoms with Gasteiger partial charge in [0, 0.05) is 49.2 Å². The number of fused-ring (bicyclic) bond motifs is 2. The Labute approximate surface area is 159 Å². The van der Waals surface area contributed by atoms with Gasteiger partial charge in [-0.25, -0.2) is 4.39 Å². The lowest BCUT2D eigenvalue weighted by Crippen LogP contribution is -2.38. The van der Waals surface area contributed by atoms with E-state index in [9.17, 15) is 4.39 Å². The molecule has 4 nitrogen and oxygen atoms in total. The molecular formula is C22H25FN4. The third-order valence-corrected chi connectivity index (χ3v) is 6.18. The van der Waals surface area contributed by atoms with Crippen molar-refractivity contribution in [1.29, 1.82) is 0 Å². The molecule has 0 bridgehead atoms. The summed E-state index contributed by atoms with van der Waals surface area (Å²) in [5.74, 6) is 0.271. The van der Waals surface area contributed by atoms with E-state index >= 15 is 0 Å². The average Bonchev–Trinajstić information content (AvgIpc) is 3.30. The van der Waals surface area contributed by atoms with Crippen LogP contribution < -0.4 is 0 Å². The van der Waals surface area contributed by atoms with Crippen LogP contribution in [0.4, 0.5) is 4.39 Å². The molecule has 0 unspecified atom stereocenters. The first-order valence-corrected chi connectivity index (χ1v) is 9.91. The fraction of sp³-hybridized carbons (Fsp3) is 0.409. The standard InChI is InChI=1S/C22H25FN4/c23-19-5-6-20-21(13-19)24-25-22(20)16-7-9-26(10-8-16)11-12-27-14-17-3-1-2-4-18(17)15-27/h1-6,13,16H,7-12,14-15H2,(H,24,25). The summed E-state index contributed by atoms with van der Waals surface area (Å²) in [7, 11) is 0. The molecule has 0 saturated carbocycles. The number of hydrogen-bond acceptors (Lipinski definition) is 3. The maximum Gasteiger partial charge on any atom is 0.125 e. The lowest BCUT2D eigenvalue weighted by molar-refractivity contribution is 0.172. The summed E-state index contributed by atoms with van der Waals surface area (Å²) in [4.78, 5) is 5.13. The lowest BCUT2D eigenvalue weighted by atomic mass is 9.91. The van der Waals surface area contributed by atoms with Crippen LogP contribution in [-0.2, 0) is 13.1 Å². The number of hydrogen-bond donors (Lipinski definition) is 1. The van der Waals surface area contributed by atoms with E-state index in [1.807, 2.05) is 6.07 Å². The second-order valence-electron chi connectivity index (χ2n) is 7.89. The van der Waals surface area contributed by atoms with Crippen molar-refractivity contribution in [3.8, 4) is 0 Å². The third kappa shape index (κ3) is 3.37. The Morgan fingerprint density at radius 2 is 1.67 bits per heavy atom. The van der Waals surface area contributed by atoms with E-state index in [2.05, 4.69) is 44.3 Å². The van der Waals surface area contributed by atoms with Crippen LogP contribution >= 0.6 is 0 Å². The topological polar surface area (TPSA) is 35.2 Å². The molecule has 0 aliphatic carbocycles. The molecule has 1 fully saturated rings. The number of H-pyrrole nitrogens is 1. The van der Waals surface area contributed by atoms with E-state index < -0.39 is 0 Å². The van der Waals surface area contributed by atoms with Crippen molar-refractivity contribution >= 4 is 10.9 Å². The normalized spacial score (nSPS) is 19.0. The van der Waals surface area contributed by atoms with Gasteiger partial charge in [0.25, 0.3) is 0 Å². The van der Waals surface area contributed by atoms with E-state index in [0.717, 1.165) is 63.0 Å². The quantitative estimate of drug-likeness (QED) is 0.763. The number of aromatic nitrogens is 2. The molecule has 0 amide bonds. The molecule has 0 spiro atoms. The number of aromatic amines is 1. The molecular weight excluding hydrogens is 339 g/mol. The van der Waals surface area contributed by atoms with E-state index in [1.165, 1.54) is 29.0 Å². The highest BCUT2D eigenvalue weighted by Crippen LogP contribution is 2.31. The highest BCUT2D eigenvalue weighted by Gasteiger charge is 2.25. The van der Waals surface area contributed by atoms with Gasteiger partial charge in [0.15, 0.2) is 0 Å². The number of likely N-dealkylation sites (tertiary alicyclic amines) is 1. The summed E-state index contributed by atoms with van der Waals surface area (Å²) in [5, 5.41) is 8.54. The predicted octanol–water partition coefficient (Wildman–Crippen LogP) is 3.90. The summed E-state index contributed by atoms with van der Waals surface area (Å²) < 4.78 is 13.4. The van der Waals surface area contributed by atoms with Crippen molar-refractivity contribution < 1.29 is 4.39 Å². The molecule has 5 heteroatoms. The molecule has 3 heterocycles. The Hall–Kier alpha value is -2.24. The molecule has 0 atom stereocenters. The van der Waals surface area contributed by atoms with Crippen molar-refractivity contribution in [3.05, 3.63) is 65.1 Å². The van der Waals surface area contributed by atoms with Crippen molar-refractivity contribution in [2.45, 2.75) is 31.8 Å². The maximum atomic E-state index is 13.4. The molecule has 3 aromatic rings. The Kier molecular flexibility index (Phi) is 4.42. The van der Waals surface area contributed by atoms with Crippen LogP contribution in [0.25, 0.3) is 10.9 Å². The largest absolute Gasteiger partial charge is 0.302 e.